The lowest BCUT2D eigenvalue weighted by atomic mass is 10.1. The molecule has 18 heavy (non-hydrogen) atoms. The van der Waals surface area contributed by atoms with Crippen LogP contribution >= 0.6 is 0 Å². The Hall–Kier alpha value is -1.71. The van der Waals surface area contributed by atoms with Crippen LogP contribution in [0.5, 0.6) is 0 Å². The molecule has 100 valence electrons. The molecule has 0 spiro atoms. The van der Waals surface area contributed by atoms with Gasteiger partial charge in [0.05, 0.1) is 11.4 Å². The van der Waals surface area contributed by atoms with E-state index in [9.17, 15) is 4.79 Å². The zero-order valence-electron chi connectivity index (χ0n) is 11.3. The molecule has 0 bridgehead atoms. The number of hydrogen-bond acceptors (Lipinski definition) is 3. The van der Waals surface area contributed by atoms with Crippen LogP contribution in [-0.4, -0.2) is 19.0 Å². The number of nitrogen functional groups attached to an aromatic ring is 1. The average Bonchev–Trinajstić information content (AvgIpc) is 2.38. The van der Waals surface area contributed by atoms with Gasteiger partial charge in [-0.05, 0) is 31.0 Å². The van der Waals surface area contributed by atoms with Crippen molar-refractivity contribution in [2.45, 2.75) is 33.1 Å². The van der Waals surface area contributed by atoms with E-state index in [-0.39, 0.29) is 5.91 Å². The Labute approximate surface area is 109 Å². The molecule has 0 aromatic heterocycles. The smallest absolute Gasteiger partial charge is 0.251 e. The highest BCUT2D eigenvalue weighted by Gasteiger charge is 2.07. The van der Waals surface area contributed by atoms with Crippen LogP contribution in [0.2, 0.25) is 0 Å². The molecule has 1 amide bonds. The first-order valence-electron chi connectivity index (χ1n) is 6.60. The first kappa shape index (κ1) is 14.4. The highest BCUT2D eigenvalue weighted by Crippen LogP contribution is 2.19. The number of nitrogens with one attached hydrogen (secondary N) is 2. The molecule has 0 heterocycles. The Morgan fingerprint density at radius 3 is 2.61 bits per heavy atom. The number of unbranched alkanes of at least 4 members (excludes halogenated alkanes) is 1. The third kappa shape index (κ3) is 4.28. The Morgan fingerprint density at radius 1 is 1.22 bits per heavy atom. The van der Waals surface area contributed by atoms with E-state index in [0.717, 1.165) is 31.5 Å². The zero-order valence-corrected chi connectivity index (χ0v) is 11.3. The molecule has 1 aromatic carbocycles. The number of amides is 1. The molecule has 4 nitrogen and oxygen atoms in total. The van der Waals surface area contributed by atoms with Gasteiger partial charge in [0.25, 0.3) is 5.91 Å². The van der Waals surface area contributed by atoms with Crippen molar-refractivity contribution in [2.75, 3.05) is 24.1 Å². The van der Waals surface area contributed by atoms with Gasteiger partial charge in [-0.15, -0.1) is 0 Å². The number of carbonyl (C=O) groups excluding carboxylic acids is 1. The molecule has 0 aliphatic carbocycles. The van der Waals surface area contributed by atoms with Gasteiger partial charge in [-0.3, -0.25) is 4.79 Å². The molecule has 4 heteroatoms. The van der Waals surface area contributed by atoms with E-state index in [1.165, 1.54) is 0 Å². The second kappa shape index (κ2) is 7.58. The van der Waals surface area contributed by atoms with Crippen molar-refractivity contribution >= 4 is 17.3 Å². The molecule has 0 aliphatic rings. The zero-order chi connectivity index (χ0) is 13.4. The van der Waals surface area contributed by atoms with Crippen molar-refractivity contribution in [3.8, 4) is 0 Å². The fraction of sp³-hybridized carbons (Fsp3) is 0.500. The van der Waals surface area contributed by atoms with Gasteiger partial charge in [0.15, 0.2) is 0 Å². The van der Waals surface area contributed by atoms with Gasteiger partial charge in [0.2, 0.25) is 0 Å². The van der Waals surface area contributed by atoms with Crippen LogP contribution in [0.15, 0.2) is 18.2 Å². The molecule has 0 radical (unpaired) electrons. The SMILES string of the molecule is CCCCNc1ccc(C(=O)NCCC)cc1N. The summed E-state index contributed by atoms with van der Waals surface area (Å²) in [7, 11) is 0. The van der Waals surface area contributed by atoms with Gasteiger partial charge in [0.1, 0.15) is 0 Å². The van der Waals surface area contributed by atoms with Crippen LogP contribution in [0.25, 0.3) is 0 Å². The minimum Gasteiger partial charge on any atom is -0.397 e. The van der Waals surface area contributed by atoms with E-state index in [2.05, 4.69) is 17.6 Å². The second-order valence-corrected chi connectivity index (χ2v) is 4.34. The Kier molecular flexibility index (Phi) is 6.05. The minimum atomic E-state index is -0.0661. The first-order valence-corrected chi connectivity index (χ1v) is 6.60. The molecule has 4 N–H and O–H groups in total. The number of anilines is 2. The van der Waals surface area contributed by atoms with Crippen LogP contribution in [0, 0.1) is 0 Å². The molecule has 0 unspecified atom stereocenters. The predicted molar refractivity (Wildman–Crippen MR) is 76.9 cm³/mol. The standard InChI is InChI=1S/C14H23N3O/c1-3-5-9-16-13-7-6-11(10-12(13)15)14(18)17-8-4-2/h6-7,10,16H,3-5,8-9,15H2,1-2H3,(H,17,18). The van der Waals surface area contributed by atoms with Gasteiger partial charge in [-0.1, -0.05) is 20.3 Å². The fourth-order valence-corrected chi connectivity index (χ4v) is 1.61. The van der Waals surface area contributed by atoms with Crippen LogP contribution in [-0.2, 0) is 0 Å². The normalized spacial score (nSPS) is 10.1. The summed E-state index contributed by atoms with van der Waals surface area (Å²) in [4.78, 5) is 11.7. The highest BCUT2D eigenvalue weighted by molar-refractivity contribution is 5.96. The van der Waals surface area contributed by atoms with Gasteiger partial charge in [0, 0.05) is 18.7 Å². The predicted octanol–water partition coefficient (Wildman–Crippen LogP) is 2.62. The van der Waals surface area contributed by atoms with Crippen LogP contribution in [0.4, 0.5) is 11.4 Å². The molecular formula is C14H23N3O. The van der Waals surface area contributed by atoms with E-state index in [0.29, 0.717) is 17.8 Å². The van der Waals surface area contributed by atoms with Gasteiger partial charge >= 0.3 is 0 Å². The van der Waals surface area contributed by atoms with E-state index >= 15 is 0 Å². The van der Waals surface area contributed by atoms with Crippen molar-refractivity contribution < 1.29 is 4.79 Å². The first-order chi connectivity index (χ1) is 8.69. The lowest BCUT2D eigenvalue weighted by Crippen LogP contribution is -2.24. The van der Waals surface area contributed by atoms with Crippen LogP contribution in [0.1, 0.15) is 43.5 Å². The van der Waals surface area contributed by atoms with Gasteiger partial charge < -0.3 is 16.4 Å². The molecule has 0 aliphatic heterocycles. The number of hydrogen-bond donors (Lipinski definition) is 3. The number of rotatable bonds is 7. The van der Waals surface area contributed by atoms with E-state index < -0.39 is 0 Å². The third-order valence-corrected chi connectivity index (χ3v) is 2.70. The summed E-state index contributed by atoms with van der Waals surface area (Å²) >= 11 is 0. The molecule has 0 atom stereocenters. The summed E-state index contributed by atoms with van der Waals surface area (Å²) in [6.45, 7) is 5.76. The molecule has 1 rings (SSSR count). The molecular weight excluding hydrogens is 226 g/mol. The Bertz CT molecular complexity index is 391. The lowest BCUT2D eigenvalue weighted by molar-refractivity contribution is 0.0953. The summed E-state index contributed by atoms with van der Waals surface area (Å²) in [6.07, 6.45) is 3.18. The van der Waals surface area contributed by atoms with Gasteiger partial charge in [-0.2, -0.15) is 0 Å². The van der Waals surface area contributed by atoms with Crippen molar-refractivity contribution in [2.24, 2.45) is 0 Å². The van der Waals surface area contributed by atoms with E-state index in [1.807, 2.05) is 13.0 Å². The highest BCUT2D eigenvalue weighted by atomic mass is 16.1. The van der Waals surface area contributed by atoms with E-state index in [4.69, 9.17) is 5.73 Å². The van der Waals surface area contributed by atoms with Crippen LogP contribution < -0.4 is 16.4 Å². The maximum atomic E-state index is 11.7. The van der Waals surface area contributed by atoms with Crippen molar-refractivity contribution in [1.29, 1.82) is 0 Å². The minimum absolute atomic E-state index is 0.0661. The maximum Gasteiger partial charge on any atom is 0.251 e. The van der Waals surface area contributed by atoms with Crippen molar-refractivity contribution in [3.63, 3.8) is 0 Å². The topological polar surface area (TPSA) is 67.2 Å². The summed E-state index contributed by atoms with van der Waals surface area (Å²) < 4.78 is 0. The molecule has 0 fully saturated rings. The lowest BCUT2D eigenvalue weighted by Gasteiger charge is -2.10. The van der Waals surface area contributed by atoms with Crippen molar-refractivity contribution in [1.82, 2.24) is 5.32 Å². The molecule has 1 aromatic rings. The van der Waals surface area contributed by atoms with E-state index in [1.54, 1.807) is 12.1 Å². The van der Waals surface area contributed by atoms with Gasteiger partial charge in [-0.25, -0.2) is 0 Å². The largest absolute Gasteiger partial charge is 0.397 e. The second-order valence-electron chi connectivity index (χ2n) is 4.34. The molecule has 0 saturated carbocycles. The summed E-state index contributed by atoms with van der Waals surface area (Å²) in [6, 6.07) is 5.39. The summed E-state index contributed by atoms with van der Waals surface area (Å²) in [5, 5.41) is 6.10. The summed E-state index contributed by atoms with van der Waals surface area (Å²) in [5.41, 5.74) is 8.06. The number of benzene rings is 1. The third-order valence-electron chi connectivity index (χ3n) is 2.70. The van der Waals surface area contributed by atoms with Crippen LogP contribution in [0.3, 0.4) is 0 Å². The quantitative estimate of drug-likeness (QED) is 0.514. The van der Waals surface area contributed by atoms with Crippen molar-refractivity contribution in [3.05, 3.63) is 23.8 Å². The summed E-state index contributed by atoms with van der Waals surface area (Å²) in [5.74, 6) is -0.0661. The maximum absolute atomic E-state index is 11.7. The monoisotopic (exact) mass is 249 g/mol. The average molecular weight is 249 g/mol. The molecule has 0 saturated heterocycles. The fourth-order valence-electron chi connectivity index (χ4n) is 1.61. The number of carbonyl (C=O) groups is 1. The Morgan fingerprint density at radius 2 is 2.00 bits per heavy atom. The Balaban J connectivity index is 2.63. The number of nitrogens with two attached hydrogens (primary N) is 1.